The van der Waals surface area contributed by atoms with Gasteiger partial charge < -0.3 is 25.1 Å². The zero-order chi connectivity index (χ0) is 23.2. The van der Waals surface area contributed by atoms with E-state index >= 15 is 0 Å². The van der Waals surface area contributed by atoms with Crippen LogP contribution in [-0.2, 0) is 9.53 Å². The van der Waals surface area contributed by atoms with Gasteiger partial charge in [0, 0.05) is 18.9 Å². The molecule has 3 N–H and O–H groups in total. The van der Waals surface area contributed by atoms with E-state index in [4.69, 9.17) is 21.1 Å². The Balaban J connectivity index is 1.51. The van der Waals surface area contributed by atoms with Crippen molar-refractivity contribution in [2.24, 2.45) is 0 Å². The lowest BCUT2D eigenvalue weighted by atomic mass is 9.96. The lowest BCUT2D eigenvalue weighted by Gasteiger charge is -2.35. The number of fused-ring (bicyclic) bond motifs is 3. The Morgan fingerprint density at radius 2 is 2.06 bits per heavy atom. The average molecular weight is 469 g/mol. The van der Waals surface area contributed by atoms with E-state index < -0.39 is 5.54 Å². The first-order valence-electron chi connectivity index (χ1n) is 11.0. The fourth-order valence-electron chi connectivity index (χ4n) is 4.58. The van der Waals surface area contributed by atoms with Crippen LogP contribution in [0.4, 0.5) is 11.4 Å². The van der Waals surface area contributed by atoms with Crippen LogP contribution in [0, 0.1) is 0 Å². The third-order valence-electron chi connectivity index (χ3n) is 6.32. The number of carbonyl (C=O) groups is 2. The highest BCUT2D eigenvalue weighted by molar-refractivity contribution is 6.36. The van der Waals surface area contributed by atoms with Gasteiger partial charge in [0.1, 0.15) is 16.9 Å². The minimum atomic E-state index is -0.996. The van der Waals surface area contributed by atoms with Crippen molar-refractivity contribution in [2.45, 2.75) is 44.2 Å². The molecule has 1 saturated carbocycles. The zero-order valence-corrected chi connectivity index (χ0v) is 19.2. The molecule has 1 fully saturated rings. The summed E-state index contributed by atoms with van der Waals surface area (Å²) in [4.78, 5) is 33.5. The van der Waals surface area contributed by atoms with Gasteiger partial charge in [-0.05, 0) is 50.8 Å². The summed E-state index contributed by atoms with van der Waals surface area (Å²) in [6, 6.07) is 5.18. The largest absolute Gasteiger partial charge is 0.490 e. The number of ether oxygens (including phenoxy) is 2. The third kappa shape index (κ3) is 3.83. The minimum absolute atomic E-state index is 0.157. The maximum absolute atomic E-state index is 13.5. The molecule has 1 aromatic carbocycles. The van der Waals surface area contributed by atoms with Gasteiger partial charge in [-0.25, -0.2) is 4.98 Å². The first kappa shape index (κ1) is 21.7. The highest BCUT2D eigenvalue weighted by Crippen LogP contribution is 2.39. The number of nitrogens with one attached hydrogen (secondary N) is 3. The van der Waals surface area contributed by atoms with Crippen LogP contribution in [0.15, 0.2) is 30.6 Å². The quantitative estimate of drug-likeness (QED) is 0.459. The van der Waals surface area contributed by atoms with Crippen LogP contribution >= 0.6 is 11.6 Å². The van der Waals surface area contributed by atoms with Gasteiger partial charge in [-0.1, -0.05) is 11.6 Å². The van der Waals surface area contributed by atoms with Crippen molar-refractivity contribution in [3.8, 4) is 5.75 Å². The molecule has 172 valence electrons. The number of anilines is 2. The number of ketones is 1. The molecule has 0 saturated heterocycles. The second kappa shape index (κ2) is 8.35. The molecule has 2 aromatic heterocycles. The van der Waals surface area contributed by atoms with E-state index in [0.717, 1.165) is 12.8 Å². The standard InChI is InChI=1S/C24H25ClN4O4/c1-24(12-32-2)23(31)28-18-11-27-22-19(20(18)29-24)16(10-26-22)21(30)15-8-7-14(9-17(15)25)33-13-5-3-4-6-13/h7-11,13,29H,3-6,12H2,1-2H3,(H,26,27)(H,28,31)/t24-/m0/s1. The molecule has 33 heavy (non-hydrogen) atoms. The van der Waals surface area contributed by atoms with Crippen molar-refractivity contribution < 1.29 is 19.1 Å². The predicted octanol–water partition coefficient (Wildman–Crippen LogP) is 4.54. The molecule has 1 aliphatic carbocycles. The first-order valence-corrected chi connectivity index (χ1v) is 11.4. The number of hydrogen-bond acceptors (Lipinski definition) is 6. The number of benzene rings is 1. The normalized spacial score (nSPS) is 20.4. The molecule has 0 bridgehead atoms. The second-order valence-corrected chi connectivity index (χ2v) is 9.22. The smallest absolute Gasteiger partial charge is 0.252 e. The molecule has 3 aromatic rings. The summed E-state index contributed by atoms with van der Waals surface area (Å²) >= 11 is 6.51. The molecule has 0 spiro atoms. The number of halogens is 1. The summed E-state index contributed by atoms with van der Waals surface area (Å²) in [7, 11) is 1.53. The van der Waals surface area contributed by atoms with Gasteiger partial charge >= 0.3 is 0 Å². The highest BCUT2D eigenvalue weighted by Gasteiger charge is 2.39. The molecule has 3 heterocycles. The summed E-state index contributed by atoms with van der Waals surface area (Å²) < 4.78 is 11.2. The van der Waals surface area contributed by atoms with Crippen LogP contribution in [0.3, 0.4) is 0 Å². The van der Waals surface area contributed by atoms with Gasteiger partial charge in [-0.2, -0.15) is 0 Å². The molecular weight excluding hydrogens is 444 g/mol. The van der Waals surface area contributed by atoms with Crippen molar-refractivity contribution in [3.05, 3.63) is 46.7 Å². The molecule has 1 atom stereocenters. The van der Waals surface area contributed by atoms with Crippen LogP contribution in [0.2, 0.25) is 5.02 Å². The van der Waals surface area contributed by atoms with E-state index in [1.165, 1.54) is 20.0 Å². The number of amides is 1. The van der Waals surface area contributed by atoms with Crippen LogP contribution in [-0.4, -0.2) is 47.0 Å². The lowest BCUT2D eigenvalue weighted by molar-refractivity contribution is -0.121. The van der Waals surface area contributed by atoms with Gasteiger partial charge in [-0.15, -0.1) is 0 Å². The van der Waals surface area contributed by atoms with E-state index in [1.54, 1.807) is 37.5 Å². The topological polar surface area (TPSA) is 105 Å². The highest BCUT2D eigenvalue weighted by atomic mass is 35.5. The number of hydrogen-bond donors (Lipinski definition) is 3. The molecule has 9 heteroatoms. The van der Waals surface area contributed by atoms with E-state index in [2.05, 4.69) is 20.6 Å². The Hall–Kier alpha value is -3.10. The summed E-state index contributed by atoms with van der Waals surface area (Å²) in [6.45, 7) is 1.90. The van der Waals surface area contributed by atoms with Crippen molar-refractivity contribution >= 4 is 45.7 Å². The number of pyridine rings is 1. The van der Waals surface area contributed by atoms with Gasteiger partial charge in [-0.3, -0.25) is 9.59 Å². The Kier molecular flexibility index (Phi) is 5.50. The maximum atomic E-state index is 13.5. The molecular formula is C24H25ClN4O4. The van der Waals surface area contributed by atoms with Crippen LogP contribution in [0.5, 0.6) is 5.75 Å². The number of carbonyl (C=O) groups excluding carboxylic acids is 2. The molecule has 8 nitrogen and oxygen atoms in total. The lowest BCUT2D eigenvalue weighted by Crippen LogP contribution is -2.53. The number of aromatic nitrogens is 2. The Labute approximate surface area is 196 Å². The summed E-state index contributed by atoms with van der Waals surface area (Å²) in [5, 5.41) is 7.04. The second-order valence-electron chi connectivity index (χ2n) is 8.81. The minimum Gasteiger partial charge on any atom is -0.490 e. The number of rotatable bonds is 6. The Bertz CT molecular complexity index is 1250. The molecule has 5 rings (SSSR count). The third-order valence-corrected chi connectivity index (χ3v) is 6.63. The van der Waals surface area contributed by atoms with E-state index in [1.807, 2.05) is 0 Å². The zero-order valence-electron chi connectivity index (χ0n) is 18.5. The van der Waals surface area contributed by atoms with Crippen LogP contribution < -0.4 is 15.4 Å². The van der Waals surface area contributed by atoms with Gasteiger partial charge in [0.15, 0.2) is 5.78 Å². The van der Waals surface area contributed by atoms with E-state index in [-0.39, 0.29) is 24.4 Å². The summed E-state index contributed by atoms with van der Waals surface area (Å²) in [5.74, 6) is 0.185. The van der Waals surface area contributed by atoms with E-state index in [9.17, 15) is 9.59 Å². The first-order chi connectivity index (χ1) is 15.9. The van der Waals surface area contributed by atoms with E-state index in [0.29, 0.717) is 44.3 Å². The molecule has 0 radical (unpaired) electrons. The number of aromatic amines is 1. The van der Waals surface area contributed by atoms with Crippen LogP contribution in [0.25, 0.3) is 11.0 Å². The maximum Gasteiger partial charge on any atom is 0.252 e. The Morgan fingerprint density at radius 1 is 1.27 bits per heavy atom. The average Bonchev–Trinajstić information content (AvgIpc) is 3.44. The van der Waals surface area contributed by atoms with Gasteiger partial charge in [0.25, 0.3) is 5.91 Å². The SMILES string of the molecule is COC[C@]1(C)Nc2c(cnc3[nH]cc(C(=O)c4ccc(OC5CCCC5)cc4Cl)c23)NC1=O. The molecule has 2 aliphatic rings. The van der Waals surface area contributed by atoms with Crippen molar-refractivity contribution in [1.82, 2.24) is 9.97 Å². The van der Waals surface area contributed by atoms with Crippen molar-refractivity contribution in [2.75, 3.05) is 24.4 Å². The number of methoxy groups -OCH3 is 1. The fourth-order valence-corrected chi connectivity index (χ4v) is 4.84. The summed E-state index contributed by atoms with van der Waals surface area (Å²) in [5.41, 5.74) is 1.42. The molecule has 0 unspecified atom stereocenters. The fraction of sp³-hybridized carbons (Fsp3) is 0.375. The van der Waals surface area contributed by atoms with Crippen LogP contribution in [0.1, 0.15) is 48.5 Å². The Morgan fingerprint density at radius 3 is 2.79 bits per heavy atom. The molecule has 1 amide bonds. The van der Waals surface area contributed by atoms with Gasteiger partial charge in [0.2, 0.25) is 0 Å². The monoisotopic (exact) mass is 468 g/mol. The summed E-state index contributed by atoms with van der Waals surface area (Å²) in [6.07, 6.45) is 7.80. The number of nitrogens with zero attached hydrogens (tertiary/aromatic N) is 1. The van der Waals surface area contributed by atoms with Crippen molar-refractivity contribution in [3.63, 3.8) is 0 Å². The van der Waals surface area contributed by atoms with Gasteiger partial charge in [0.05, 0.1) is 46.3 Å². The van der Waals surface area contributed by atoms with Crippen molar-refractivity contribution in [1.29, 1.82) is 0 Å². The number of H-pyrrole nitrogens is 1. The predicted molar refractivity (Wildman–Crippen MR) is 126 cm³/mol. The molecule has 1 aliphatic heterocycles.